The fourth-order valence-corrected chi connectivity index (χ4v) is 1.22. The van der Waals surface area contributed by atoms with E-state index in [1.807, 2.05) is 6.07 Å². The summed E-state index contributed by atoms with van der Waals surface area (Å²) in [5.41, 5.74) is 7.23. The van der Waals surface area contributed by atoms with Gasteiger partial charge in [-0.05, 0) is 25.0 Å². The van der Waals surface area contributed by atoms with Gasteiger partial charge in [0.2, 0.25) is 0 Å². The smallest absolute Gasteiger partial charge is 0.122 e. The minimum Gasteiger partial charge on any atom is -0.384 e. The first-order chi connectivity index (χ1) is 5.77. The molecule has 70 valence electrons. The molecule has 1 fully saturated rings. The summed E-state index contributed by atoms with van der Waals surface area (Å²) < 4.78 is 0. The first kappa shape index (κ1) is 9.99. The van der Waals surface area contributed by atoms with Crippen LogP contribution in [-0.2, 0) is 0 Å². The first-order valence-electron chi connectivity index (χ1n) is 4.08. The van der Waals surface area contributed by atoms with Gasteiger partial charge < -0.3 is 5.73 Å². The molecule has 4 heteroatoms. The van der Waals surface area contributed by atoms with Gasteiger partial charge >= 0.3 is 0 Å². The number of nitrogens with zero attached hydrogens (tertiary/aromatic N) is 1. The van der Waals surface area contributed by atoms with Gasteiger partial charge in [0.1, 0.15) is 5.84 Å². The number of nitrogens with two attached hydrogens (primary N) is 1. The van der Waals surface area contributed by atoms with Gasteiger partial charge in [-0.15, -0.1) is 12.4 Å². The molecule has 1 aromatic heterocycles. The Labute approximate surface area is 83.3 Å². The van der Waals surface area contributed by atoms with Gasteiger partial charge in [-0.1, -0.05) is 0 Å². The molecular formula is C9H12ClN3. The molecule has 1 aromatic rings. The van der Waals surface area contributed by atoms with Gasteiger partial charge in [0.25, 0.3) is 0 Å². The Morgan fingerprint density at radius 2 is 2.23 bits per heavy atom. The molecule has 0 radical (unpaired) electrons. The van der Waals surface area contributed by atoms with Crippen molar-refractivity contribution < 1.29 is 0 Å². The van der Waals surface area contributed by atoms with Gasteiger partial charge in [-0.3, -0.25) is 10.4 Å². The predicted molar refractivity (Wildman–Crippen MR) is 54.5 cm³/mol. The van der Waals surface area contributed by atoms with Crippen molar-refractivity contribution in [2.75, 3.05) is 0 Å². The molecule has 3 N–H and O–H groups in total. The quantitative estimate of drug-likeness (QED) is 0.560. The molecule has 2 rings (SSSR count). The zero-order valence-corrected chi connectivity index (χ0v) is 7.97. The summed E-state index contributed by atoms with van der Waals surface area (Å²) in [6.07, 6.45) is 4.19. The summed E-state index contributed by atoms with van der Waals surface area (Å²) in [7, 11) is 0. The molecule has 13 heavy (non-hydrogen) atoms. The lowest BCUT2D eigenvalue weighted by atomic mass is 10.2. The minimum absolute atomic E-state index is 0. The summed E-state index contributed by atoms with van der Waals surface area (Å²) in [6, 6.07) is 3.69. The second kappa shape index (κ2) is 3.75. The van der Waals surface area contributed by atoms with Crippen molar-refractivity contribution >= 4 is 18.2 Å². The van der Waals surface area contributed by atoms with Crippen LogP contribution in [0, 0.1) is 5.41 Å². The van der Waals surface area contributed by atoms with Gasteiger partial charge in [0.05, 0.1) is 0 Å². The van der Waals surface area contributed by atoms with Crippen LogP contribution in [0.15, 0.2) is 18.3 Å². The average molecular weight is 198 g/mol. The third kappa shape index (κ3) is 2.18. The van der Waals surface area contributed by atoms with E-state index in [0.717, 1.165) is 11.3 Å². The standard InChI is InChI=1S/C9H11N3.ClH/c10-9(11)7-3-4-12-8(5-7)6-1-2-6;/h3-6H,1-2H2,(H3,10,11);1H. The summed E-state index contributed by atoms with van der Waals surface area (Å²) in [5.74, 6) is 0.753. The fraction of sp³-hybridized carbons (Fsp3) is 0.333. The number of amidine groups is 1. The number of rotatable bonds is 2. The second-order valence-electron chi connectivity index (χ2n) is 3.16. The lowest BCUT2D eigenvalue weighted by molar-refractivity contribution is 1.02. The van der Waals surface area contributed by atoms with Crippen LogP contribution < -0.4 is 5.73 Å². The van der Waals surface area contributed by atoms with Crippen molar-refractivity contribution in [2.45, 2.75) is 18.8 Å². The minimum atomic E-state index is 0. The van der Waals surface area contributed by atoms with Crippen LogP contribution in [-0.4, -0.2) is 10.8 Å². The lowest BCUT2D eigenvalue weighted by Crippen LogP contribution is -2.11. The number of nitrogen functional groups attached to an aromatic ring is 1. The Kier molecular flexibility index (Phi) is 2.88. The van der Waals surface area contributed by atoms with E-state index < -0.39 is 0 Å². The van der Waals surface area contributed by atoms with E-state index >= 15 is 0 Å². The highest BCUT2D eigenvalue weighted by atomic mass is 35.5. The average Bonchev–Trinajstić information content (AvgIpc) is 2.87. The van der Waals surface area contributed by atoms with E-state index in [1.165, 1.54) is 12.8 Å². The SMILES string of the molecule is Cl.N=C(N)c1ccnc(C2CC2)c1. The molecule has 0 aliphatic heterocycles. The van der Waals surface area contributed by atoms with E-state index in [2.05, 4.69) is 4.98 Å². The highest BCUT2D eigenvalue weighted by molar-refractivity contribution is 5.94. The van der Waals surface area contributed by atoms with Crippen LogP contribution in [0.1, 0.15) is 30.0 Å². The maximum Gasteiger partial charge on any atom is 0.122 e. The highest BCUT2D eigenvalue weighted by Crippen LogP contribution is 2.38. The summed E-state index contributed by atoms with van der Waals surface area (Å²) >= 11 is 0. The summed E-state index contributed by atoms with van der Waals surface area (Å²) in [6.45, 7) is 0. The molecule has 0 bridgehead atoms. The van der Waals surface area contributed by atoms with Gasteiger partial charge in [-0.25, -0.2) is 0 Å². The zero-order valence-electron chi connectivity index (χ0n) is 7.16. The van der Waals surface area contributed by atoms with Gasteiger partial charge in [0.15, 0.2) is 0 Å². The van der Waals surface area contributed by atoms with Crippen molar-refractivity contribution in [2.24, 2.45) is 5.73 Å². The lowest BCUT2D eigenvalue weighted by Gasteiger charge is -2.00. The van der Waals surface area contributed by atoms with Crippen LogP contribution in [0.5, 0.6) is 0 Å². The monoisotopic (exact) mass is 197 g/mol. The normalized spacial score (nSPS) is 14.8. The maximum atomic E-state index is 7.24. The summed E-state index contributed by atoms with van der Waals surface area (Å²) in [4.78, 5) is 4.23. The third-order valence-electron chi connectivity index (χ3n) is 2.09. The second-order valence-corrected chi connectivity index (χ2v) is 3.16. The molecule has 0 saturated heterocycles. The van der Waals surface area contributed by atoms with E-state index in [0.29, 0.717) is 5.92 Å². The van der Waals surface area contributed by atoms with Gasteiger partial charge in [-0.2, -0.15) is 0 Å². The molecule has 0 spiro atoms. The van der Waals surface area contributed by atoms with Crippen molar-refractivity contribution in [3.8, 4) is 0 Å². The van der Waals surface area contributed by atoms with Crippen molar-refractivity contribution in [3.05, 3.63) is 29.6 Å². The molecule has 0 aromatic carbocycles. The molecule has 1 saturated carbocycles. The summed E-state index contributed by atoms with van der Waals surface area (Å²) in [5, 5.41) is 7.24. The molecule has 0 unspecified atom stereocenters. The number of hydrogen-bond donors (Lipinski definition) is 2. The molecule has 1 aliphatic rings. The third-order valence-corrected chi connectivity index (χ3v) is 2.09. The Balaban J connectivity index is 0.000000845. The number of halogens is 1. The van der Waals surface area contributed by atoms with Crippen LogP contribution in [0.25, 0.3) is 0 Å². The Bertz CT molecular complexity index is 320. The van der Waals surface area contributed by atoms with Crippen LogP contribution in [0.3, 0.4) is 0 Å². The predicted octanol–water partition coefficient (Wildman–Crippen LogP) is 1.66. The van der Waals surface area contributed by atoms with Crippen LogP contribution in [0.4, 0.5) is 0 Å². The van der Waals surface area contributed by atoms with E-state index in [-0.39, 0.29) is 18.2 Å². The highest BCUT2D eigenvalue weighted by Gasteiger charge is 2.24. The molecule has 1 aliphatic carbocycles. The Morgan fingerprint density at radius 1 is 1.54 bits per heavy atom. The van der Waals surface area contributed by atoms with Crippen molar-refractivity contribution in [3.63, 3.8) is 0 Å². The number of nitrogens with one attached hydrogen (secondary N) is 1. The molecule has 3 nitrogen and oxygen atoms in total. The largest absolute Gasteiger partial charge is 0.384 e. The molecule has 1 heterocycles. The van der Waals surface area contributed by atoms with Crippen LogP contribution in [0.2, 0.25) is 0 Å². The topological polar surface area (TPSA) is 62.8 Å². The van der Waals surface area contributed by atoms with Gasteiger partial charge in [0, 0.05) is 23.4 Å². The Morgan fingerprint density at radius 3 is 2.77 bits per heavy atom. The molecule has 0 atom stereocenters. The van der Waals surface area contributed by atoms with E-state index in [1.54, 1.807) is 12.3 Å². The number of aromatic nitrogens is 1. The molecule has 0 amide bonds. The number of hydrogen-bond acceptors (Lipinski definition) is 2. The molecular weight excluding hydrogens is 186 g/mol. The van der Waals surface area contributed by atoms with Crippen LogP contribution >= 0.6 is 12.4 Å². The van der Waals surface area contributed by atoms with E-state index in [9.17, 15) is 0 Å². The Hall–Kier alpha value is -1.09. The maximum absolute atomic E-state index is 7.24. The first-order valence-corrected chi connectivity index (χ1v) is 4.08. The zero-order chi connectivity index (χ0) is 8.55. The van der Waals surface area contributed by atoms with Crippen molar-refractivity contribution in [1.29, 1.82) is 5.41 Å². The number of pyridine rings is 1. The van der Waals surface area contributed by atoms with E-state index in [4.69, 9.17) is 11.1 Å². The van der Waals surface area contributed by atoms with Crippen molar-refractivity contribution in [1.82, 2.24) is 4.98 Å². The fourth-order valence-electron chi connectivity index (χ4n) is 1.22.